The quantitative estimate of drug-likeness (QED) is 0.724. The van der Waals surface area contributed by atoms with Crippen LogP contribution in [0.4, 0.5) is 0 Å². The average molecular weight is 258 g/mol. The predicted octanol–water partition coefficient (Wildman–Crippen LogP) is 0.589. The van der Waals surface area contributed by atoms with Gasteiger partial charge in [-0.05, 0) is 25.7 Å². The van der Waals surface area contributed by atoms with Gasteiger partial charge in [-0.2, -0.15) is 0 Å². The summed E-state index contributed by atoms with van der Waals surface area (Å²) in [4.78, 5) is 0. The lowest BCUT2D eigenvalue weighted by molar-refractivity contribution is 0.301. The summed E-state index contributed by atoms with van der Waals surface area (Å²) in [6, 6.07) is 0.362. The van der Waals surface area contributed by atoms with Gasteiger partial charge in [0, 0.05) is 24.4 Å². The highest BCUT2D eigenvalue weighted by molar-refractivity contribution is 7.91. The molecular weight excluding hydrogens is 236 g/mol. The third kappa shape index (κ3) is 2.56. The molecule has 2 aliphatic carbocycles. The van der Waals surface area contributed by atoms with Crippen molar-refractivity contribution in [3.63, 3.8) is 0 Å². The second-order valence-electron chi connectivity index (χ2n) is 5.35. The Morgan fingerprint density at radius 3 is 2.59 bits per heavy atom. The van der Waals surface area contributed by atoms with E-state index in [4.69, 9.17) is 5.73 Å². The molecule has 5 heteroatoms. The smallest absolute Gasteiger partial charge is 0.152 e. The molecule has 2 aliphatic rings. The molecule has 2 atom stereocenters. The van der Waals surface area contributed by atoms with Crippen molar-refractivity contribution in [2.75, 3.05) is 12.8 Å². The highest BCUT2D eigenvalue weighted by atomic mass is 32.2. The summed E-state index contributed by atoms with van der Waals surface area (Å²) in [5, 5.41) is 3.21. The molecule has 0 bridgehead atoms. The maximum absolute atomic E-state index is 11.9. The van der Waals surface area contributed by atoms with Crippen LogP contribution in [0.15, 0.2) is 12.2 Å². The molecule has 0 amide bonds. The Balaban J connectivity index is 2.17. The lowest BCUT2D eigenvalue weighted by atomic mass is 9.95. The van der Waals surface area contributed by atoms with Gasteiger partial charge in [0.05, 0.1) is 5.25 Å². The maximum atomic E-state index is 11.9. The third-order valence-electron chi connectivity index (χ3n) is 4.09. The van der Waals surface area contributed by atoms with Crippen molar-refractivity contribution in [1.82, 2.24) is 5.32 Å². The summed E-state index contributed by atoms with van der Waals surface area (Å²) in [5.74, 6) is 0. The zero-order chi connectivity index (χ0) is 12.5. The van der Waals surface area contributed by atoms with Gasteiger partial charge >= 0.3 is 0 Å². The Morgan fingerprint density at radius 1 is 1.41 bits per heavy atom. The molecule has 0 aromatic carbocycles. The molecule has 0 aromatic heterocycles. The van der Waals surface area contributed by atoms with Crippen molar-refractivity contribution < 1.29 is 8.42 Å². The highest BCUT2D eigenvalue weighted by Gasteiger charge is 2.47. The fraction of sp³-hybridized carbons (Fsp3) is 0.833. The van der Waals surface area contributed by atoms with Crippen LogP contribution in [0.5, 0.6) is 0 Å². The van der Waals surface area contributed by atoms with Crippen molar-refractivity contribution in [3.8, 4) is 0 Å². The first-order valence-corrected chi connectivity index (χ1v) is 8.25. The molecule has 3 N–H and O–H groups in total. The first kappa shape index (κ1) is 13.1. The fourth-order valence-corrected chi connectivity index (χ4v) is 4.96. The van der Waals surface area contributed by atoms with E-state index in [1.165, 1.54) is 6.26 Å². The van der Waals surface area contributed by atoms with Crippen molar-refractivity contribution in [3.05, 3.63) is 12.2 Å². The molecule has 0 heterocycles. The second kappa shape index (κ2) is 4.71. The number of nitrogens with one attached hydrogen (secondary N) is 1. The van der Waals surface area contributed by atoms with Gasteiger partial charge in [-0.1, -0.05) is 18.6 Å². The molecule has 1 fully saturated rings. The van der Waals surface area contributed by atoms with E-state index in [1.54, 1.807) is 0 Å². The summed E-state index contributed by atoms with van der Waals surface area (Å²) in [6.07, 6.45) is 10.2. The average Bonchev–Trinajstić information content (AvgIpc) is 2.87. The minimum absolute atomic E-state index is 0.319. The van der Waals surface area contributed by atoms with Gasteiger partial charge in [-0.25, -0.2) is 8.42 Å². The summed E-state index contributed by atoms with van der Waals surface area (Å²) in [7, 11) is -3.03. The van der Waals surface area contributed by atoms with Crippen LogP contribution in [0.3, 0.4) is 0 Å². The van der Waals surface area contributed by atoms with Gasteiger partial charge in [0.15, 0.2) is 9.84 Å². The first-order valence-electron chi connectivity index (χ1n) is 6.29. The van der Waals surface area contributed by atoms with Gasteiger partial charge in [-0.15, -0.1) is 0 Å². The van der Waals surface area contributed by atoms with Crippen LogP contribution >= 0.6 is 0 Å². The molecule has 0 aromatic rings. The zero-order valence-corrected chi connectivity index (χ0v) is 11.2. The SMILES string of the molecule is CS(=O)(=O)C1CCCC1(CN)NC1CC=CC1. The molecular formula is C12H22N2O2S. The molecule has 2 rings (SSSR count). The van der Waals surface area contributed by atoms with Crippen LogP contribution in [0.2, 0.25) is 0 Å². The van der Waals surface area contributed by atoms with E-state index in [0.29, 0.717) is 12.6 Å². The summed E-state index contributed by atoms with van der Waals surface area (Å²) < 4.78 is 23.7. The minimum atomic E-state index is -3.03. The van der Waals surface area contributed by atoms with Crippen LogP contribution in [-0.2, 0) is 9.84 Å². The van der Waals surface area contributed by atoms with E-state index in [1.807, 2.05) is 0 Å². The minimum Gasteiger partial charge on any atom is -0.329 e. The third-order valence-corrected chi connectivity index (χ3v) is 5.81. The van der Waals surface area contributed by atoms with Gasteiger partial charge in [0.1, 0.15) is 0 Å². The molecule has 98 valence electrons. The van der Waals surface area contributed by atoms with Gasteiger partial charge in [0.2, 0.25) is 0 Å². The number of hydrogen-bond donors (Lipinski definition) is 2. The van der Waals surface area contributed by atoms with Gasteiger partial charge < -0.3 is 11.1 Å². The number of rotatable bonds is 4. The van der Waals surface area contributed by atoms with E-state index in [0.717, 1.165) is 32.1 Å². The number of sulfone groups is 1. The molecule has 17 heavy (non-hydrogen) atoms. The Kier molecular flexibility index (Phi) is 3.61. The Labute approximate surface area is 104 Å². The van der Waals surface area contributed by atoms with E-state index < -0.39 is 15.4 Å². The molecule has 0 saturated heterocycles. The normalized spacial score (nSPS) is 34.6. The van der Waals surface area contributed by atoms with Crippen molar-refractivity contribution in [1.29, 1.82) is 0 Å². The van der Waals surface area contributed by atoms with Crippen LogP contribution in [0.25, 0.3) is 0 Å². The molecule has 2 unspecified atom stereocenters. The topological polar surface area (TPSA) is 72.2 Å². The lowest BCUT2D eigenvalue weighted by Gasteiger charge is -2.37. The Bertz CT molecular complexity index is 397. The first-order chi connectivity index (χ1) is 7.98. The second-order valence-corrected chi connectivity index (χ2v) is 7.58. The van der Waals surface area contributed by atoms with Crippen LogP contribution < -0.4 is 11.1 Å². The lowest BCUT2D eigenvalue weighted by Crippen LogP contribution is -2.61. The monoisotopic (exact) mass is 258 g/mol. The molecule has 0 spiro atoms. The van der Waals surface area contributed by atoms with Crippen molar-refractivity contribution in [2.24, 2.45) is 5.73 Å². The molecule has 1 saturated carbocycles. The van der Waals surface area contributed by atoms with E-state index in [2.05, 4.69) is 17.5 Å². The largest absolute Gasteiger partial charge is 0.329 e. The van der Waals surface area contributed by atoms with Crippen LogP contribution in [0, 0.1) is 0 Å². The van der Waals surface area contributed by atoms with E-state index in [-0.39, 0.29) is 5.25 Å². The van der Waals surface area contributed by atoms with Gasteiger partial charge in [-0.3, -0.25) is 0 Å². The summed E-state index contributed by atoms with van der Waals surface area (Å²) in [6.45, 7) is 0.404. The highest BCUT2D eigenvalue weighted by Crippen LogP contribution is 2.35. The van der Waals surface area contributed by atoms with E-state index in [9.17, 15) is 8.42 Å². The van der Waals surface area contributed by atoms with Crippen molar-refractivity contribution >= 4 is 9.84 Å². The number of hydrogen-bond acceptors (Lipinski definition) is 4. The molecule has 4 nitrogen and oxygen atoms in total. The Hall–Kier alpha value is -0.390. The number of nitrogens with two attached hydrogens (primary N) is 1. The van der Waals surface area contributed by atoms with Crippen molar-refractivity contribution in [2.45, 2.75) is 48.9 Å². The van der Waals surface area contributed by atoms with Gasteiger partial charge in [0.25, 0.3) is 0 Å². The summed E-state index contributed by atoms with van der Waals surface area (Å²) >= 11 is 0. The summed E-state index contributed by atoms with van der Waals surface area (Å²) in [5.41, 5.74) is 5.49. The van der Waals surface area contributed by atoms with E-state index >= 15 is 0 Å². The zero-order valence-electron chi connectivity index (χ0n) is 10.4. The predicted molar refractivity (Wildman–Crippen MR) is 69.6 cm³/mol. The standard InChI is InChI=1S/C12H22N2O2S/c1-17(15,16)11-7-4-8-12(11,9-13)14-10-5-2-3-6-10/h2-3,10-11,14H,4-9,13H2,1H3. The Morgan fingerprint density at radius 2 is 2.06 bits per heavy atom. The fourth-order valence-electron chi connectivity index (χ4n) is 3.26. The maximum Gasteiger partial charge on any atom is 0.152 e. The van der Waals surface area contributed by atoms with Crippen LogP contribution in [0.1, 0.15) is 32.1 Å². The molecule has 0 radical (unpaired) electrons. The molecule has 0 aliphatic heterocycles. The van der Waals surface area contributed by atoms with Crippen LogP contribution in [-0.4, -0.2) is 38.0 Å².